The number of amides is 2. The molecular weight excluding hydrogens is 588 g/mol. The van der Waals surface area contributed by atoms with Gasteiger partial charge in [0, 0.05) is 11.5 Å². The van der Waals surface area contributed by atoms with Crippen molar-refractivity contribution in [3.63, 3.8) is 0 Å². The van der Waals surface area contributed by atoms with Gasteiger partial charge in [0.2, 0.25) is 11.7 Å². The van der Waals surface area contributed by atoms with Gasteiger partial charge in [-0.2, -0.15) is 0 Å². The SMILES string of the molecule is C[C@H]1c2ccc(NC(=O)[C@@H](N)Cc3ccc(O)cc3)c(O)c2C(O)=C2C(=O)[C@]3(O)C(O)=C(C(N)=O)C(=O)[C@@H](N(C)C)C3[C@@H](O)C21. The van der Waals surface area contributed by atoms with Gasteiger partial charge >= 0.3 is 0 Å². The minimum absolute atomic E-state index is 0.0433. The van der Waals surface area contributed by atoms with Crippen LogP contribution in [0.5, 0.6) is 11.5 Å². The van der Waals surface area contributed by atoms with E-state index in [-0.39, 0.29) is 29.0 Å². The molecule has 2 aromatic carbocycles. The summed E-state index contributed by atoms with van der Waals surface area (Å²) in [7, 11) is 2.85. The standard InChI is InChI=1S/C31H34N4O10/c1-11-14-8-9-16(34-30(44)15(32)10-12-4-6-13(36)7-5-12)23(37)18(14)24(38)19-17(11)25(39)21-22(35(2)3)26(40)20(29(33)43)28(42)31(21,45)27(19)41/h4-9,11,15,17,21-22,25,36-39,42,45H,10,32H2,1-3H3,(H2,33,43)(H,34,44)/t11-,15-,17?,21?,22-,25-,31-/m0/s1. The van der Waals surface area contributed by atoms with E-state index in [0.717, 1.165) is 0 Å². The zero-order valence-corrected chi connectivity index (χ0v) is 24.6. The number of aliphatic hydroxyl groups is 4. The summed E-state index contributed by atoms with van der Waals surface area (Å²) in [5.74, 6) is -10.8. The Labute approximate surface area is 256 Å². The number of carbonyl (C=O) groups is 4. The van der Waals surface area contributed by atoms with Gasteiger partial charge in [0.15, 0.2) is 11.4 Å². The van der Waals surface area contributed by atoms with E-state index in [1.807, 2.05) is 0 Å². The van der Waals surface area contributed by atoms with Crippen LogP contribution in [0.4, 0.5) is 5.69 Å². The maximum Gasteiger partial charge on any atom is 0.255 e. The van der Waals surface area contributed by atoms with E-state index in [4.69, 9.17) is 11.5 Å². The smallest absolute Gasteiger partial charge is 0.255 e. The summed E-state index contributed by atoms with van der Waals surface area (Å²) in [5.41, 5.74) is 7.31. The van der Waals surface area contributed by atoms with Crippen LogP contribution in [0, 0.1) is 11.8 Å². The highest BCUT2D eigenvalue weighted by Crippen LogP contribution is 2.56. The fourth-order valence-electron chi connectivity index (χ4n) is 6.92. The number of aliphatic hydroxyl groups excluding tert-OH is 3. The first-order valence-electron chi connectivity index (χ1n) is 14.1. The average molecular weight is 623 g/mol. The van der Waals surface area contributed by atoms with Crippen molar-refractivity contribution < 1.29 is 49.8 Å². The number of carbonyl (C=O) groups excluding carboxylic acids is 4. The van der Waals surface area contributed by atoms with Gasteiger partial charge in [0.1, 0.15) is 28.6 Å². The molecule has 7 atom stereocenters. The zero-order valence-electron chi connectivity index (χ0n) is 24.6. The minimum Gasteiger partial charge on any atom is -0.508 e. The summed E-state index contributed by atoms with van der Waals surface area (Å²) in [6.07, 6.45) is -1.63. The Balaban J connectivity index is 1.58. The Bertz CT molecular complexity index is 1700. The number of nitrogens with two attached hydrogens (primary N) is 2. The molecule has 14 nitrogen and oxygen atoms in total. The molecule has 1 saturated carbocycles. The van der Waals surface area contributed by atoms with Gasteiger partial charge in [-0.05, 0) is 55.8 Å². The number of nitrogens with one attached hydrogen (secondary N) is 1. The molecule has 0 aliphatic heterocycles. The van der Waals surface area contributed by atoms with Gasteiger partial charge in [-0.1, -0.05) is 25.1 Å². The van der Waals surface area contributed by atoms with E-state index in [2.05, 4.69) is 5.32 Å². The number of benzene rings is 2. The fourth-order valence-corrected chi connectivity index (χ4v) is 6.92. The van der Waals surface area contributed by atoms with Crippen molar-refractivity contribution in [2.75, 3.05) is 19.4 Å². The van der Waals surface area contributed by atoms with Crippen LogP contribution in [0.1, 0.15) is 29.5 Å². The third-order valence-electron chi connectivity index (χ3n) is 9.12. The first kappa shape index (κ1) is 31.7. The van der Waals surface area contributed by atoms with E-state index in [9.17, 15) is 49.8 Å². The number of hydrogen-bond acceptors (Lipinski definition) is 12. The Hall–Kier alpha value is -4.76. The number of phenolic OH excluding ortho intramolecular Hbond substituents is 2. The first-order valence-corrected chi connectivity index (χ1v) is 14.1. The number of fused-ring (bicyclic) bond motifs is 3. The second kappa shape index (κ2) is 11.0. The first-order chi connectivity index (χ1) is 21.0. The lowest BCUT2D eigenvalue weighted by Crippen LogP contribution is -2.70. The quantitative estimate of drug-likeness (QED) is 0.149. The number of aromatic hydroxyl groups is 2. The van der Waals surface area contributed by atoms with Crippen LogP contribution in [0.3, 0.4) is 0 Å². The van der Waals surface area contributed by atoms with Crippen LogP contribution in [0.15, 0.2) is 53.3 Å². The molecule has 0 aromatic heterocycles. The molecule has 0 heterocycles. The second-order valence-electron chi connectivity index (χ2n) is 11.9. The van der Waals surface area contributed by atoms with Crippen LogP contribution in [-0.2, 0) is 25.6 Å². The monoisotopic (exact) mass is 622 g/mol. The number of ketones is 2. The number of primary amides is 1. The number of rotatable bonds is 6. The highest BCUT2D eigenvalue weighted by atomic mass is 16.4. The number of hydrogen-bond donors (Lipinski definition) is 9. The number of likely N-dealkylation sites (N-methyl/N-ethyl adjacent to an activating group) is 1. The van der Waals surface area contributed by atoms with Gasteiger partial charge < -0.3 is 47.4 Å². The lowest BCUT2D eigenvalue weighted by molar-refractivity contribution is -0.169. The average Bonchev–Trinajstić information content (AvgIpc) is 2.96. The minimum atomic E-state index is -3.04. The summed E-state index contributed by atoms with van der Waals surface area (Å²) in [6, 6.07) is 6.38. The molecule has 5 rings (SSSR count). The largest absolute Gasteiger partial charge is 0.508 e. The lowest BCUT2D eigenvalue weighted by atomic mass is 9.54. The van der Waals surface area contributed by atoms with Gasteiger partial charge in [-0.3, -0.25) is 24.1 Å². The van der Waals surface area contributed by atoms with E-state index in [0.29, 0.717) is 5.56 Å². The topological polar surface area (TPSA) is 257 Å². The molecule has 11 N–H and O–H groups in total. The summed E-state index contributed by atoms with van der Waals surface area (Å²) >= 11 is 0. The van der Waals surface area contributed by atoms with Crippen molar-refractivity contribution in [3.05, 3.63) is 70.0 Å². The molecule has 2 unspecified atom stereocenters. The van der Waals surface area contributed by atoms with Gasteiger partial charge in [0.25, 0.3) is 5.91 Å². The van der Waals surface area contributed by atoms with Gasteiger partial charge in [0.05, 0.1) is 35.4 Å². The molecule has 0 spiro atoms. The van der Waals surface area contributed by atoms with Crippen molar-refractivity contribution >= 4 is 34.8 Å². The van der Waals surface area contributed by atoms with Crippen molar-refractivity contribution in [1.29, 1.82) is 0 Å². The van der Waals surface area contributed by atoms with E-state index >= 15 is 0 Å². The lowest BCUT2D eigenvalue weighted by Gasteiger charge is -2.53. The Morgan fingerprint density at radius 1 is 1.04 bits per heavy atom. The molecule has 1 fully saturated rings. The van der Waals surface area contributed by atoms with Gasteiger partial charge in [-0.25, -0.2) is 0 Å². The van der Waals surface area contributed by atoms with Crippen molar-refractivity contribution in [3.8, 4) is 11.5 Å². The number of nitrogens with zero attached hydrogens (tertiary/aromatic N) is 1. The maximum atomic E-state index is 14.1. The van der Waals surface area contributed by atoms with E-state index in [1.165, 1.54) is 43.3 Å². The summed E-state index contributed by atoms with van der Waals surface area (Å²) in [6.45, 7) is 1.60. The summed E-state index contributed by atoms with van der Waals surface area (Å²) in [5, 5.41) is 69.1. The molecule has 45 heavy (non-hydrogen) atoms. The van der Waals surface area contributed by atoms with Crippen molar-refractivity contribution in [2.24, 2.45) is 23.3 Å². The van der Waals surface area contributed by atoms with Crippen LogP contribution in [0.2, 0.25) is 0 Å². The van der Waals surface area contributed by atoms with Crippen molar-refractivity contribution in [1.82, 2.24) is 4.90 Å². The molecule has 0 bridgehead atoms. The highest BCUT2D eigenvalue weighted by Gasteiger charge is 2.68. The number of anilines is 1. The molecular formula is C31H34N4O10. The van der Waals surface area contributed by atoms with Crippen LogP contribution in [0.25, 0.3) is 5.76 Å². The molecule has 2 aromatic rings. The molecule has 14 heteroatoms. The summed E-state index contributed by atoms with van der Waals surface area (Å²) < 4.78 is 0. The normalized spacial score (nSPS) is 28.4. The van der Waals surface area contributed by atoms with Crippen LogP contribution in [-0.4, -0.2) is 96.8 Å². The maximum absolute atomic E-state index is 14.1. The third-order valence-corrected chi connectivity index (χ3v) is 9.12. The number of Topliss-reactive ketones (excluding diaryl/α,β-unsaturated/α-hetero) is 2. The predicted molar refractivity (Wildman–Crippen MR) is 159 cm³/mol. The third kappa shape index (κ3) is 4.64. The molecule has 238 valence electrons. The van der Waals surface area contributed by atoms with E-state index in [1.54, 1.807) is 19.1 Å². The molecule has 3 aliphatic rings. The summed E-state index contributed by atoms with van der Waals surface area (Å²) in [4.78, 5) is 53.7. The Morgan fingerprint density at radius 2 is 1.67 bits per heavy atom. The van der Waals surface area contributed by atoms with Crippen LogP contribution < -0.4 is 16.8 Å². The molecule has 0 radical (unpaired) electrons. The fraction of sp³-hybridized carbons (Fsp3) is 0.355. The van der Waals surface area contributed by atoms with Gasteiger partial charge in [-0.15, -0.1) is 0 Å². The molecule has 0 saturated heterocycles. The number of phenols is 2. The molecule has 3 aliphatic carbocycles. The Kier molecular flexibility index (Phi) is 7.74. The zero-order chi connectivity index (χ0) is 33.3. The predicted octanol–water partition coefficient (Wildman–Crippen LogP) is -0.290. The van der Waals surface area contributed by atoms with Crippen molar-refractivity contribution in [2.45, 2.75) is 43.1 Å². The highest BCUT2D eigenvalue weighted by molar-refractivity contribution is 6.24. The van der Waals surface area contributed by atoms with Crippen LogP contribution >= 0.6 is 0 Å². The van der Waals surface area contributed by atoms with E-state index < -0.39 is 93.3 Å². The molecule has 2 amide bonds. The second-order valence-corrected chi connectivity index (χ2v) is 11.9. The Morgan fingerprint density at radius 3 is 2.24 bits per heavy atom.